The maximum atomic E-state index is 14.2. The van der Waals surface area contributed by atoms with Gasteiger partial charge in [0.25, 0.3) is 5.91 Å². The zero-order chi connectivity index (χ0) is 29.2. The fourth-order valence-corrected chi connectivity index (χ4v) is 4.91. The van der Waals surface area contributed by atoms with E-state index >= 15 is 0 Å². The molecule has 1 aliphatic heterocycles. The Labute approximate surface area is 254 Å². The van der Waals surface area contributed by atoms with Crippen LogP contribution in [-0.2, 0) is 9.53 Å². The number of aliphatic hydroxyl groups is 1. The van der Waals surface area contributed by atoms with Crippen LogP contribution in [0.3, 0.4) is 0 Å². The molecule has 0 bridgehead atoms. The molecule has 42 heavy (non-hydrogen) atoms. The number of benzene rings is 4. The molecule has 0 fully saturated rings. The summed E-state index contributed by atoms with van der Waals surface area (Å²) in [6.07, 6.45) is 4.11. The number of anilines is 1. The molecule has 2 atom stereocenters. The fraction of sp³-hybridized carbons (Fsp3) is 0.176. The van der Waals surface area contributed by atoms with E-state index in [1.165, 1.54) is 0 Å². The van der Waals surface area contributed by atoms with Crippen LogP contribution in [0.1, 0.15) is 35.6 Å². The summed E-state index contributed by atoms with van der Waals surface area (Å²) in [6.45, 7) is 0.493. The lowest BCUT2D eigenvalue weighted by Crippen LogP contribution is -2.49. The Bertz CT molecular complexity index is 1510. The van der Waals surface area contributed by atoms with E-state index in [9.17, 15) is 4.79 Å². The molecule has 0 saturated heterocycles. The van der Waals surface area contributed by atoms with Gasteiger partial charge >= 0.3 is 0 Å². The van der Waals surface area contributed by atoms with Crippen molar-refractivity contribution in [3.05, 3.63) is 136 Å². The van der Waals surface area contributed by atoms with Crippen LogP contribution in [0.5, 0.6) is 5.75 Å². The first kappa shape index (κ1) is 29.1. The number of rotatable bonds is 12. The monoisotopic (exact) mass is 625 g/mol. The van der Waals surface area contributed by atoms with E-state index in [1.807, 2.05) is 121 Å². The summed E-state index contributed by atoms with van der Waals surface area (Å²) in [4.78, 5) is 19.2. The van der Waals surface area contributed by atoms with Crippen LogP contribution in [0.2, 0.25) is 0 Å². The molecule has 1 aliphatic rings. The van der Waals surface area contributed by atoms with Crippen LogP contribution in [0.4, 0.5) is 5.69 Å². The number of hydrogen-bond acceptors (Lipinski definition) is 6. The number of hydrogen-bond donors (Lipinski definition) is 3. The molecule has 4 aromatic carbocycles. The highest BCUT2D eigenvalue weighted by Crippen LogP contribution is 2.43. The molecule has 4 aromatic rings. The molecule has 1 heterocycles. The van der Waals surface area contributed by atoms with Crippen molar-refractivity contribution in [2.75, 3.05) is 18.6 Å². The van der Waals surface area contributed by atoms with Crippen molar-refractivity contribution in [1.82, 2.24) is 5.43 Å². The second-order valence-electron chi connectivity index (χ2n) is 9.80. The Balaban J connectivity index is 1.51. The van der Waals surface area contributed by atoms with Crippen molar-refractivity contribution >= 4 is 39.5 Å². The normalized spacial score (nSPS) is 17.9. The highest BCUT2D eigenvalue weighted by Gasteiger charge is 2.52. The van der Waals surface area contributed by atoms with Gasteiger partial charge < -0.3 is 14.6 Å². The number of amides is 1. The second-order valence-corrected chi connectivity index (χ2v) is 10.7. The minimum Gasteiger partial charge on any atom is -0.494 e. The molecule has 0 spiro atoms. The lowest BCUT2D eigenvalue weighted by Gasteiger charge is -2.30. The van der Waals surface area contributed by atoms with Gasteiger partial charge in [-0.25, -0.2) is 4.99 Å². The number of aliphatic imine (C=N–C) groups is 1. The summed E-state index contributed by atoms with van der Waals surface area (Å²) in [6, 6.07) is 34.5. The number of aliphatic hydroxyl groups excluding tert-OH is 1. The zero-order valence-corrected chi connectivity index (χ0v) is 24.5. The second kappa shape index (κ2) is 14.0. The number of hydrazine groups is 1. The van der Waals surface area contributed by atoms with E-state index < -0.39 is 11.6 Å². The van der Waals surface area contributed by atoms with Gasteiger partial charge in [0, 0.05) is 29.5 Å². The first-order chi connectivity index (χ1) is 20.6. The van der Waals surface area contributed by atoms with Crippen molar-refractivity contribution in [2.45, 2.75) is 24.5 Å². The van der Waals surface area contributed by atoms with E-state index in [2.05, 4.69) is 26.8 Å². The molecule has 3 N–H and O–H groups in total. The lowest BCUT2D eigenvalue weighted by atomic mass is 9.84. The number of ether oxygens (including phenoxy) is 2. The first-order valence-electron chi connectivity index (χ1n) is 13.8. The average molecular weight is 627 g/mol. The molecule has 5 rings (SSSR count). The van der Waals surface area contributed by atoms with Crippen molar-refractivity contribution in [3.8, 4) is 5.75 Å². The summed E-state index contributed by atoms with van der Waals surface area (Å²) in [7, 11) is 0. The molecule has 8 heteroatoms. The third kappa shape index (κ3) is 7.08. The Morgan fingerprint density at radius 1 is 0.952 bits per heavy atom. The molecular formula is C34H32BrN3O4. The predicted octanol–water partition coefficient (Wildman–Crippen LogP) is 6.71. The van der Waals surface area contributed by atoms with E-state index in [1.54, 1.807) is 0 Å². The van der Waals surface area contributed by atoms with Gasteiger partial charge in [-0.05, 0) is 59.7 Å². The van der Waals surface area contributed by atoms with Gasteiger partial charge in [0.15, 0.2) is 11.6 Å². The van der Waals surface area contributed by atoms with Crippen molar-refractivity contribution in [3.63, 3.8) is 0 Å². The van der Waals surface area contributed by atoms with Gasteiger partial charge in [0.1, 0.15) is 5.75 Å². The Hall–Kier alpha value is -4.40. The van der Waals surface area contributed by atoms with Gasteiger partial charge in [-0.3, -0.25) is 15.6 Å². The van der Waals surface area contributed by atoms with E-state index in [0.29, 0.717) is 24.7 Å². The van der Waals surface area contributed by atoms with Crippen LogP contribution in [0.25, 0.3) is 6.08 Å². The topological polar surface area (TPSA) is 92.2 Å². The van der Waals surface area contributed by atoms with Crippen molar-refractivity contribution < 1.29 is 19.4 Å². The molecule has 0 saturated carbocycles. The molecule has 1 amide bonds. The largest absolute Gasteiger partial charge is 0.494 e. The average Bonchev–Trinajstić information content (AvgIpc) is 3.42. The van der Waals surface area contributed by atoms with Gasteiger partial charge in [-0.15, -0.1) is 0 Å². The third-order valence-electron chi connectivity index (χ3n) is 6.84. The minimum absolute atomic E-state index is 0.0716. The van der Waals surface area contributed by atoms with Crippen LogP contribution in [0.15, 0.2) is 125 Å². The van der Waals surface area contributed by atoms with Gasteiger partial charge in [-0.1, -0.05) is 88.7 Å². The SMILES string of the molecule is O=C(NNc1ccccc1)[C@@]1(C/C=C/c2ccccc2)N=C(c2ccc(OCCCO)cc2)O[C@H]1c1ccc(Br)cc1. The first-order valence-corrected chi connectivity index (χ1v) is 14.6. The maximum absolute atomic E-state index is 14.2. The minimum atomic E-state index is -1.31. The van der Waals surface area contributed by atoms with Crippen LogP contribution in [-0.4, -0.2) is 35.7 Å². The summed E-state index contributed by atoms with van der Waals surface area (Å²) >= 11 is 3.51. The van der Waals surface area contributed by atoms with Crippen LogP contribution >= 0.6 is 15.9 Å². The number of halogens is 1. The third-order valence-corrected chi connectivity index (χ3v) is 7.36. The number of para-hydroxylation sites is 1. The Morgan fingerprint density at radius 2 is 1.64 bits per heavy atom. The van der Waals surface area contributed by atoms with E-state index in [-0.39, 0.29) is 18.9 Å². The summed E-state index contributed by atoms with van der Waals surface area (Å²) in [5, 5.41) is 9.03. The highest BCUT2D eigenvalue weighted by atomic mass is 79.9. The smallest absolute Gasteiger partial charge is 0.270 e. The molecule has 7 nitrogen and oxygen atoms in total. The van der Waals surface area contributed by atoms with Gasteiger partial charge in [0.05, 0.1) is 12.3 Å². The zero-order valence-electron chi connectivity index (χ0n) is 22.9. The Kier molecular flexibility index (Phi) is 9.69. The van der Waals surface area contributed by atoms with Crippen molar-refractivity contribution in [1.29, 1.82) is 0 Å². The molecule has 0 aromatic heterocycles. The van der Waals surface area contributed by atoms with Crippen LogP contribution < -0.4 is 15.6 Å². The van der Waals surface area contributed by atoms with Gasteiger partial charge in [-0.2, -0.15) is 0 Å². The van der Waals surface area contributed by atoms with Crippen LogP contribution in [0, 0.1) is 0 Å². The summed E-state index contributed by atoms with van der Waals surface area (Å²) < 4.78 is 13.2. The van der Waals surface area contributed by atoms with E-state index in [4.69, 9.17) is 19.6 Å². The molecule has 0 aliphatic carbocycles. The fourth-order valence-electron chi connectivity index (χ4n) is 4.65. The standard InChI is InChI=1S/C34H32BrN3O4/c35-28-18-14-26(15-19-28)31-34(22-7-11-25-9-3-1-4-10-25,33(40)38-37-29-12-5-2-6-13-29)36-32(42-31)27-16-20-30(21-17-27)41-24-8-23-39/h1-7,9-21,31,37,39H,8,22-24H2,(H,38,40)/b11-7+/t31-,34-/m0/s1. The van der Waals surface area contributed by atoms with E-state index in [0.717, 1.165) is 26.9 Å². The number of carbonyl (C=O) groups excluding carboxylic acids is 1. The Morgan fingerprint density at radius 3 is 2.33 bits per heavy atom. The number of carbonyl (C=O) groups is 1. The van der Waals surface area contributed by atoms with Crippen molar-refractivity contribution in [2.24, 2.45) is 4.99 Å². The molecular weight excluding hydrogens is 594 g/mol. The summed E-state index contributed by atoms with van der Waals surface area (Å²) in [5.41, 5.74) is 7.93. The number of nitrogens with zero attached hydrogens (tertiary/aromatic N) is 1. The highest BCUT2D eigenvalue weighted by molar-refractivity contribution is 9.10. The van der Waals surface area contributed by atoms with Gasteiger partial charge in [0.2, 0.25) is 5.90 Å². The molecule has 0 unspecified atom stereocenters. The predicted molar refractivity (Wildman–Crippen MR) is 169 cm³/mol. The maximum Gasteiger partial charge on any atom is 0.270 e. The number of nitrogens with one attached hydrogen (secondary N) is 2. The quantitative estimate of drug-likeness (QED) is 0.120. The molecule has 214 valence electrons. The summed E-state index contributed by atoms with van der Waals surface area (Å²) in [5.74, 6) is 0.723. The molecule has 0 radical (unpaired) electrons. The lowest BCUT2D eigenvalue weighted by molar-refractivity contribution is -0.128.